The van der Waals surface area contributed by atoms with Gasteiger partial charge >= 0.3 is 0 Å². The van der Waals surface area contributed by atoms with E-state index >= 15 is 0 Å². The van der Waals surface area contributed by atoms with Crippen molar-refractivity contribution in [1.82, 2.24) is 0 Å². The van der Waals surface area contributed by atoms with Crippen LogP contribution >= 0.6 is 8.46 Å². The molecule has 0 saturated heterocycles. The lowest BCUT2D eigenvalue weighted by Crippen LogP contribution is -2.57. The van der Waals surface area contributed by atoms with Crippen LogP contribution in [0.4, 0.5) is 0 Å². The largest absolute Gasteiger partial charge is 0.373 e. The van der Waals surface area contributed by atoms with Crippen LogP contribution in [0, 0.1) is 17.8 Å². The van der Waals surface area contributed by atoms with Crippen molar-refractivity contribution in [3.8, 4) is 0 Å². The molecule has 168 valence electrons. The van der Waals surface area contributed by atoms with E-state index in [9.17, 15) is 4.57 Å². The van der Waals surface area contributed by atoms with Gasteiger partial charge in [-0.1, -0.05) is 87.0 Å². The second-order valence-electron chi connectivity index (χ2n) is 9.94. The summed E-state index contributed by atoms with van der Waals surface area (Å²) in [6.45, 7) is 18.9. The van der Waals surface area contributed by atoms with Gasteiger partial charge in [-0.3, -0.25) is 4.57 Å². The van der Waals surface area contributed by atoms with Gasteiger partial charge in [0, 0.05) is 6.61 Å². The number of hydrogen-bond acceptors (Lipinski definition) is 2. The molecular formula is C25H51O2P. The van der Waals surface area contributed by atoms with Crippen molar-refractivity contribution in [2.75, 3.05) is 6.61 Å². The van der Waals surface area contributed by atoms with Crippen LogP contribution in [0.15, 0.2) is 0 Å². The predicted molar refractivity (Wildman–Crippen MR) is 126 cm³/mol. The lowest BCUT2D eigenvalue weighted by molar-refractivity contribution is -0.132. The zero-order valence-corrected chi connectivity index (χ0v) is 21.4. The third kappa shape index (κ3) is 8.83. The second-order valence-corrected chi connectivity index (χ2v) is 11.1. The first-order valence-corrected chi connectivity index (χ1v) is 13.0. The molecule has 0 fully saturated rings. The van der Waals surface area contributed by atoms with Crippen LogP contribution in [-0.4, -0.2) is 17.4 Å². The Morgan fingerprint density at radius 2 is 1.46 bits per heavy atom. The smallest absolute Gasteiger partial charge is 0.164 e. The van der Waals surface area contributed by atoms with Gasteiger partial charge in [0.25, 0.3) is 0 Å². The predicted octanol–water partition coefficient (Wildman–Crippen LogP) is 9.07. The van der Waals surface area contributed by atoms with E-state index in [4.69, 9.17) is 4.74 Å². The average Bonchev–Trinajstić information content (AvgIpc) is 2.64. The highest BCUT2D eigenvalue weighted by Gasteiger charge is 2.53. The lowest BCUT2D eigenvalue weighted by atomic mass is 9.67. The van der Waals surface area contributed by atoms with Crippen molar-refractivity contribution in [3.63, 3.8) is 0 Å². The van der Waals surface area contributed by atoms with Crippen molar-refractivity contribution in [2.45, 2.75) is 137 Å². The summed E-state index contributed by atoms with van der Waals surface area (Å²) in [5.41, 5.74) is -0.303. The summed E-state index contributed by atoms with van der Waals surface area (Å²) in [4.78, 5) is 0. The molecule has 0 aromatic rings. The Bertz CT molecular complexity index is 396. The molecule has 2 nitrogen and oxygen atoms in total. The molecule has 0 aromatic heterocycles. The van der Waals surface area contributed by atoms with E-state index in [0.717, 1.165) is 45.1 Å². The number of hydrogen-bond donors (Lipinski definition) is 0. The molecule has 3 atom stereocenters. The van der Waals surface area contributed by atoms with Crippen LogP contribution in [0.25, 0.3) is 0 Å². The molecule has 0 radical (unpaired) electrons. The fourth-order valence-corrected chi connectivity index (χ4v) is 5.42. The minimum Gasteiger partial charge on any atom is -0.373 e. The Hall–Kier alpha value is 0.0600. The molecule has 0 spiro atoms. The van der Waals surface area contributed by atoms with Crippen molar-refractivity contribution in [1.29, 1.82) is 0 Å². The molecule has 3 heteroatoms. The van der Waals surface area contributed by atoms with E-state index in [2.05, 4.69) is 55.4 Å². The Kier molecular flexibility index (Phi) is 15.0. The Labute approximate surface area is 179 Å². The molecule has 0 aromatic carbocycles. The Morgan fingerprint density at radius 3 is 1.93 bits per heavy atom. The van der Waals surface area contributed by atoms with Crippen molar-refractivity contribution >= 4 is 8.46 Å². The average molecular weight is 415 g/mol. The van der Waals surface area contributed by atoms with E-state index < -0.39 is 0 Å². The standard InChI is InChI=1S/C25H51O2P/c1-9-12-13-14-15-16-18-27-25(20-22(6)7,24(8,11-3)28-26)23(17-10-2)19-21(4)5/h21-23H,9-20H2,1-8H3. The van der Waals surface area contributed by atoms with Crippen LogP contribution in [-0.2, 0) is 9.30 Å². The molecular weight excluding hydrogens is 363 g/mol. The number of unbranched alkanes of at least 4 members (excludes halogenated alkanes) is 5. The minimum absolute atomic E-state index is 0.243. The van der Waals surface area contributed by atoms with E-state index in [1.54, 1.807) is 0 Å². The highest BCUT2D eigenvalue weighted by atomic mass is 31.1. The SMILES string of the molecule is CCCCCCCCOC(CC(C)C)(C(CCC)CC(C)C)C(C)(CC)P=O. The van der Waals surface area contributed by atoms with Crippen LogP contribution in [0.2, 0.25) is 0 Å². The summed E-state index contributed by atoms with van der Waals surface area (Å²) in [7, 11) is 0.243. The molecule has 0 bridgehead atoms. The quantitative estimate of drug-likeness (QED) is 0.165. The van der Waals surface area contributed by atoms with Crippen molar-refractivity contribution < 1.29 is 9.30 Å². The maximum Gasteiger partial charge on any atom is 0.164 e. The monoisotopic (exact) mass is 414 g/mol. The minimum atomic E-state index is -0.325. The third-order valence-corrected chi connectivity index (χ3v) is 7.52. The Balaban J connectivity index is 5.61. The van der Waals surface area contributed by atoms with Crippen molar-refractivity contribution in [2.24, 2.45) is 17.8 Å². The van der Waals surface area contributed by atoms with Crippen LogP contribution in [0.1, 0.15) is 126 Å². The van der Waals surface area contributed by atoms with Gasteiger partial charge in [-0.05, 0) is 56.8 Å². The molecule has 0 aliphatic carbocycles. The van der Waals surface area contributed by atoms with E-state index in [0.29, 0.717) is 17.8 Å². The molecule has 0 rings (SSSR count). The molecule has 0 aliphatic heterocycles. The van der Waals surface area contributed by atoms with Gasteiger partial charge in [0.1, 0.15) is 0 Å². The van der Waals surface area contributed by atoms with Crippen LogP contribution in [0.3, 0.4) is 0 Å². The first-order valence-electron chi connectivity index (χ1n) is 12.2. The first-order chi connectivity index (χ1) is 13.2. The van der Waals surface area contributed by atoms with Gasteiger partial charge in [0.15, 0.2) is 8.46 Å². The summed E-state index contributed by atoms with van der Waals surface area (Å²) < 4.78 is 19.4. The molecule has 0 amide bonds. The summed E-state index contributed by atoms with van der Waals surface area (Å²) in [6.07, 6.45) is 13.0. The normalized spacial score (nSPS) is 17.8. The maximum absolute atomic E-state index is 12.5. The van der Waals surface area contributed by atoms with Gasteiger partial charge in [-0.2, -0.15) is 0 Å². The van der Waals surface area contributed by atoms with Crippen LogP contribution < -0.4 is 0 Å². The summed E-state index contributed by atoms with van der Waals surface area (Å²) in [6, 6.07) is 0. The number of ether oxygens (including phenoxy) is 1. The highest BCUT2D eigenvalue weighted by molar-refractivity contribution is 7.26. The van der Waals surface area contributed by atoms with Crippen molar-refractivity contribution in [3.05, 3.63) is 0 Å². The number of rotatable bonds is 18. The topological polar surface area (TPSA) is 26.3 Å². The fourth-order valence-electron chi connectivity index (χ4n) is 4.80. The van der Waals surface area contributed by atoms with Gasteiger partial charge < -0.3 is 4.74 Å². The molecule has 0 aliphatic rings. The molecule has 28 heavy (non-hydrogen) atoms. The van der Waals surface area contributed by atoms with Gasteiger partial charge in [0.2, 0.25) is 0 Å². The summed E-state index contributed by atoms with van der Waals surface area (Å²) >= 11 is 0. The molecule has 0 N–H and O–H groups in total. The summed E-state index contributed by atoms with van der Waals surface area (Å²) in [5.74, 6) is 1.63. The van der Waals surface area contributed by atoms with Crippen LogP contribution in [0.5, 0.6) is 0 Å². The summed E-state index contributed by atoms with van der Waals surface area (Å²) in [5, 5.41) is -0.325. The van der Waals surface area contributed by atoms with E-state index in [1.807, 2.05) is 0 Å². The second kappa shape index (κ2) is 15.0. The first kappa shape index (κ1) is 28.1. The van der Waals surface area contributed by atoms with Gasteiger partial charge in [0.05, 0.1) is 10.8 Å². The molecule has 0 heterocycles. The van der Waals surface area contributed by atoms with E-state index in [-0.39, 0.29) is 19.2 Å². The molecule has 0 saturated carbocycles. The zero-order chi connectivity index (χ0) is 21.6. The zero-order valence-electron chi connectivity index (χ0n) is 20.5. The third-order valence-electron chi connectivity index (χ3n) is 6.42. The molecule has 3 unspecified atom stereocenters. The highest BCUT2D eigenvalue weighted by Crippen LogP contribution is 2.51. The van der Waals surface area contributed by atoms with E-state index in [1.165, 1.54) is 32.1 Å². The fraction of sp³-hybridized carbons (Fsp3) is 1.00. The van der Waals surface area contributed by atoms with Gasteiger partial charge in [-0.15, -0.1) is 0 Å². The Morgan fingerprint density at radius 1 is 0.857 bits per heavy atom. The lowest BCUT2D eigenvalue weighted by Gasteiger charge is -2.51. The maximum atomic E-state index is 12.5. The van der Waals surface area contributed by atoms with Gasteiger partial charge in [-0.25, -0.2) is 0 Å².